The Bertz CT molecular complexity index is 2850. The summed E-state index contributed by atoms with van der Waals surface area (Å²) in [4.78, 5) is 16.6. The predicted octanol–water partition coefficient (Wildman–Crippen LogP) is 11.0. The molecule has 0 fully saturated rings. The van der Waals surface area contributed by atoms with Crippen molar-refractivity contribution in [3.63, 3.8) is 0 Å². The largest absolute Gasteiger partial charge is 0.456 e. The van der Waals surface area contributed by atoms with Gasteiger partial charge >= 0.3 is 0 Å². The van der Waals surface area contributed by atoms with Crippen LogP contribution in [0.25, 0.3) is 55.0 Å². The van der Waals surface area contributed by atoms with E-state index in [2.05, 4.69) is 102 Å². The third-order valence-electron chi connectivity index (χ3n) is 10.5. The Morgan fingerprint density at radius 1 is 0.417 bits per heavy atom. The summed E-state index contributed by atoms with van der Waals surface area (Å²) in [5.41, 5.74) is 12.1. The van der Waals surface area contributed by atoms with Gasteiger partial charge in [-0.05, 0) is 75.8 Å². The van der Waals surface area contributed by atoms with Crippen molar-refractivity contribution in [2.75, 3.05) is 4.90 Å². The Morgan fingerprint density at radius 2 is 0.979 bits per heavy atom. The first-order chi connectivity index (χ1) is 23.7. The topological polar surface area (TPSA) is 46.6 Å². The van der Waals surface area contributed by atoms with Gasteiger partial charge in [0.2, 0.25) is 5.43 Å². The number of anilines is 3. The monoisotopic (exact) mass is 615 g/mol. The van der Waals surface area contributed by atoms with E-state index < -0.39 is 5.41 Å². The van der Waals surface area contributed by atoms with E-state index in [0.29, 0.717) is 21.9 Å². The molecular weight excluding hydrogens is 590 g/mol. The molecule has 7 aromatic carbocycles. The molecule has 224 valence electrons. The van der Waals surface area contributed by atoms with Crippen LogP contribution in [0.3, 0.4) is 0 Å². The van der Waals surface area contributed by atoms with Crippen LogP contribution in [0.1, 0.15) is 22.3 Å². The second kappa shape index (κ2) is 9.11. The molecule has 0 bridgehead atoms. The average Bonchev–Trinajstić information content (AvgIpc) is 3.65. The molecule has 1 aliphatic carbocycles. The standard InChI is InChI=1S/C44H25NO3/c46-43-29-15-4-10-22-39(29)47-40-23-11-20-36(42(40)43)45-35-19-8-7-18-33(35)44(31-16-5-1-12-26(31)27-13-2-6-17-32(27)44)34-24-30-28-14-3-9-21-38(28)48-41(30)25-37(34)45/h1-25H. The number of hydrogen-bond acceptors (Lipinski definition) is 4. The van der Waals surface area contributed by atoms with Crippen molar-refractivity contribution in [3.05, 3.63) is 184 Å². The Labute approximate surface area is 274 Å². The molecule has 4 heteroatoms. The molecular formula is C44H25NO3. The number of rotatable bonds is 1. The summed E-state index contributed by atoms with van der Waals surface area (Å²) in [6, 6.07) is 52.3. The summed E-state index contributed by atoms with van der Waals surface area (Å²) in [6.45, 7) is 0. The van der Waals surface area contributed by atoms with Gasteiger partial charge in [0.25, 0.3) is 0 Å². The first kappa shape index (κ1) is 25.8. The second-order valence-corrected chi connectivity index (χ2v) is 12.7. The number of furan rings is 1. The van der Waals surface area contributed by atoms with Crippen molar-refractivity contribution in [2.24, 2.45) is 0 Å². The molecule has 2 aliphatic rings. The minimum Gasteiger partial charge on any atom is -0.456 e. The summed E-state index contributed by atoms with van der Waals surface area (Å²) in [5, 5.41) is 3.25. The zero-order valence-electron chi connectivity index (χ0n) is 25.6. The maximum absolute atomic E-state index is 14.4. The highest BCUT2D eigenvalue weighted by Crippen LogP contribution is 2.64. The molecule has 0 radical (unpaired) electrons. The molecule has 48 heavy (non-hydrogen) atoms. The maximum Gasteiger partial charge on any atom is 0.202 e. The number of benzene rings is 7. The van der Waals surface area contributed by atoms with Gasteiger partial charge in [-0.25, -0.2) is 0 Å². The zero-order valence-corrected chi connectivity index (χ0v) is 25.6. The Balaban J connectivity index is 1.35. The van der Waals surface area contributed by atoms with E-state index in [1.54, 1.807) is 0 Å². The van der Waals surface area contributed by atoms with Crippen LogP contribution in [-0.2, 0) is 5.41 Å². The highest BCUT2D eigenvalue weighted by molar-refractivity contribution is 6.10. The van der Waals surface area contributed by atoms with Crippen LogP contribution >= 0.6 is 0 Å². The average molecular weight is 616 g/mol. The Morgan fingerprint density at radius 3 is 1.75 bits per heavy atom. The molecule has 0 unspecified atom stereocenters. The van der Waals surface area contributed by atoms with E-state index in [0.717, 1.165) is 50.1 Å². The Kier molecular flexibility index (Phi) is 4.89. The van der Waals surface area contributed by atoms with Crippen molar-refractivity contribution in [2.45, 2.75) is 5.41 Å². The van der Waals surface area contributed by atoms with E-state index in [-0.39, 0.29) is 5.43 Å². The highest BCUT2D eigenvalue weighted by atomic mass is 16.3. The molecule has 1 aliphatic heterocycles. The first-order valence-corrected chi connectivity index (χ1v) is 16.2. The molecule has 1 spiro atoms. The lowest BCUT2D eigenvalue weighted by Gasteiger charge is -2.45. The van der Waals surface area contributed by atoms with Crippen LogP contribution in [0.2, 0.25) is 0 Å². The minimum absolute atomic E-state index is 0.0526. The van der Waals surface area contributed by atoms with Crippen LogP contribution < -0.4 is 10.3 Å². The van der Waals surface area contributed by atoms with Crippen molar-refractivity contribution in [1.29, 1.82) is 0 Å². The van der Waals surface area contributed by atoms with E-state index in [1.165, 1.54) is 22.3 Å². The normalized spacial score (nSPS) is 14.0. The third kappa shape index (κ3) is 3.07. The third-order valence-corrected chi connectivity index (χ3v) is 10.5. The highest BCUT2D eigenvalue weighted by Gasteiger charge is 2.52. The summed E-state index contributed by atoms with van der Waals surface area (Å²) < 4.78 is 12.9. The Hall–Kier alpha value is -6.39. The molecule has 2 aromatic heterocycles. The van der Waals surface area contributed by atoms with Crippen LogP contribution in [-0.4, -0.2) is 0 Å². The molecule has 0 saturated heterocycles. The van der Waals surface area contributed by atoms with Crippen molar-refractivity contribution in [1.82, 2.24) is 0 Å². The van der Waals surface area contributed by atoms with Crippen LogP contribution in [0.15, 0.2) is 165 Å². The fourth-order valence-electron chi connectivity index (χ4n) is 8.60. The van der Waals surface area contributed by atoms with Gasteiger partial charge < -0.3 is 13.7 Å². The van der Waals surface area contributed by atoms with Gasteiger partial charge in [-0.1, -0.05) is 103 Å². The summed E-state index contributed by atoms with van der Waals surface area (Å²) in [6.07, 6.45) is 0. The fraction of sp³-hybridized carbons (Fsp3) is 0.0227. The first-order valence-electron chi connectivity index (χ1n) is 16.2. The van der Waals surface area contributed by atoms with E-state index in [9.17, 15) is 4.79 Å². The van der Waals surface area contributed by atoms with Crippen LogP contribution in [0.4, 0.5) is 17.1 Å². The van der Waals surface area contributed by atoms with Crippen LogP contribution in [0.5, 0.6) is 0 Å². The summed E-state index contributed by atoms with van der Waals surface area (Å²) in [7, 11) is 0. The van der Waals surface area contributed by atoms with E-state index in [1.807, 2.05) is 54.6 Å². The van der Waals surface area contributed by atoms with Crippen molar-refractivity contribution in [3.8, 4) is 11.1 Å². The van der Waals surface area contributed by atoms with Gasteiger partial charge in [-0.3, -0.25) is 4.79 Å². The van der Waals surface area contributed by atoms with Gasteiger partial charge in [0, 0.05) is 16.8 Å². The molecule has 0 atom stereocenters. The molecule has 0 amide bonds. The molecule has 3 heterocycles. The summed E-state index contributed by atoms with van der Waals surface area (Å²) >= 11 is 0. The van der Waals surface area contributed by atoms with Gasteiger partial charge in [-0.2, -0.15) is 0 Å². The zero-order chi connectivity index (χ0) is 31.6. The van der Waals surface area contributed by atoms with Gasteiger partial charge in [0.05, 0.1) is 33.2 Å². The smallest absolute Gasteiger partial charge is 0.202 e. The quantitative estimate of drug-likeness (QED) is 0.172. The maximum atomic E-state index is 14.4. The van der Waals surface area contributed by atoms with Crippen molar-refractivity contribution < 1.29 is 8.83 Å². The molecule has 11 rings (SSSR count). The molecule has 9 aromatic rings. The fourth-order valence-corrected chi connectivity index (χ4v) is 8.60. The lowest BCUT2D eigenvalue weighted by molar-refractivity contribution is 0.660. The van der Waals surface area contributed by atoms with Gasteiger partial charge in [0.15, 0.2) is 0 Å². The van der Waals surface area contributed by atoms with Crippen molar-refractivity contribution >= 4 is 60.9 Å². The van der Waals surface area contributed by atoms with E-state index in [4.69, 9.17) is 8.83 Å². The lowest BCUT2D eigenvalue weighted by Crippen LogP contribution is -2.36. The second-order valence-electron chi connectivity index (χ2n) is 12.7. The predicted molar refractivity (Wildman–Crippen MR) is 193 cm³/mol. The number of para-hydroxylation sites is 3. The SMILES string of the molecule is O=c1c2ccccc2oc2cccc(N3c4ccccc4C4(c5ccccc5-c5ccccc54)c4cc5c(cc43)oc3ccccc35)c12. The summed E-state index contributed by atoms with van der Waals surface area (Å²) in [5.74, 6) is 0. The number of hydrogen-bond donors (Lipinski definition) is 0. The van der Waals surface area contributed by atoms with Gasteiger partial charge in [0.1, 0.15) is 22.3 Å². The lowest BCUT2D eigenvalue weighted by atomic mass is 9.64. The number of fused-ring (bicyclic) bond motifs is 14. The van der Waals surface area contributed by atoms with E-state index >= 15 is 0 Å². The molecule has 0 N–H and O–H groups in total. The van der Waals surface area contributed by atoms with Crippen LogP contribution in [0, 0.1) is 0 Å². The minimum atomic E-state index is -0.607. The molecule has 0 saturated carbocycles. The number of nitrogens with zero attached hydrogens (tertiary/aromatic N) is 1. The van der Waals surface area contributed by atoms with Gasteiger partial charge in [-0.15, -0.1) is 0 Å². The molecule has 4 nitrogen and oxygen atoms in total.